The Labute approximate surface area is 181 Å². The molecule has 31 heavy (non-hydrogen) atoms. The van der Waals surface area contributed by atoms with Crippen molar-refractivity contribution < 1.29 is 28.9 Å². The van der Waals surface area contributed by atoms with Crippen molar-refractivity contribution in [1.29, 1.82) is 0 Å². The number of aliphatic hydroxyl groups excluding tert-OH is 2. The maximum absolute atomic E-state index is 14.3. The first-order valence-corrected chi connectivity index (χ1v) is 10.7. The van der Waals surface area contributed by atoms with Crippen LogP contribution in [0.15, 0.2) is 35.9 Å². The summed E-state index contributed by atoms with van der Waals surface area (Å²) in [5, 5.41) is 22.9. The number of carbonyl (C=O) groups excluding carboxylic acids is 2. The molecule has 0 radical (unpaired) electrons. The lowest BCUT2D eigenvalue weighted by molar-refractivity contribution is -0.156. The molecule has 1 aliphatic carbocycles. The minimum Gasteiger partial charge on any atom is -0.458 e. The predicted octanol–water partition coefficient (Wildman–Crippen LogP) is 3.73. The molecule has 0 aromatic heterocycles. The zero-order valence-corrected chi connectivity index (χ0v) is 18.2. The molecule has 0 saturated carbocycles. The number of cyclic esters (lactones) is 1. The predicted molar refractivity (Wildman–Crippen MR) is 116 cm³/mol. The van der Waals surface area contributed by atoms with Crippen LogP contribution in [-0.4, -0.2) is 40.4 Å². The van der Waals surface area contributed by atoms with Gasteiger partial charge in [-0.2, -0.15) is 0 Å². The molecule has 1 heterocycles. The van der Waals surface area contributed by atoms with Crippen molar-refractivity contribution in [3.05, 3.63) is 47.3 Å². The van der Waals surface area contributed by atoms with Gasteiger partial charge in [-0.1, -0.05) is 32.9 Å². The van der Waals surface area contributed by atoms with Gasteiger partial charge in [0.15, 0.2) is 0 Å². The number of amides is 1. The number of benzene rings is 1. The molecule has 0 spiro atoms. The highest BCUT2D eigenvalue weighted by Crippen LogP contribution is 2.45. The summed E-state index contributed by atoms with van der Waals surface area (Å²) in [6.07, 6.45) is 3.31. The van der Waals surface area contributed by atoms with E-state index in [4.69, 9.17) is 4.74 Å². The van der Waals surface area contributed by atoms with Gasteiger partial charge in [0.2, 0.25) is 5.91 Å². The SMILES string of the molecule is CCC(=O)Nc1cc(C2=C(/C=C/[C@H]3C[C@H](O)CC(=O)O3)C(C)(C)CC(O)C2)ccc1F. The molecule has 3 rings (SSSR count). The van der Waals surface area contributed by atoms with Gasteiger partial charge >= 0.3 is 5.97 Å². The molecular weight excluding hydrogens is 401 g/mol. The maximum atomic E-state index is 14.3. The number of carbonyl (C=O) groups is 2. The second kappa shape index (κ2) is 9.32. The third-order valence-electron chi connectivity index (χ3n) is 5.82. The Morgan fingerprint density at radius 1 is 1.29 bits per heavy atom. The van der Waals surface area contributed by atoms with Crippen LogP contribution in [0.2, 0.25) is 0 Å². The third kappa shape index (κ3) is 5.60. The second-order valence-corrected chi connectivity index (χ2v) is 8.92. The fourth-order valence-corrected chi connectivity index (χ4v) is 4.30. The Morgan fingerprint density at radius 3 is 2.71 bits per heavy atom. The van der Waals surface area contributed by atoms with E-state index in [9.17, 15) is 24.2 Å². The Hall–Kier alpha value is -2.51. The van der Waals surface area contributed by atoms with Crippen LogP contribution in [-0.2, 0) is 14.3 Å². The van der Waals surface area contributed by atoms with Crippen molar-refractivity contribution in [2.75, 3.05) is 5.32 Å². The summed E-state index contributed by atoms with van der Waals surface area (Å²) >= 11 is 0. The van der Waals surface area contributed by atoms with Crippen LogP contribution in [0.5, 0.6) is 0 Å². The van der Waals surface area contributed by atoms with E-state index in [1.807, 2.05) is 19.9 Å². The number of hydrogen-bond donors (Lipinski definition) is 3. The minimum absolute atomic E-state index is 0.00217. The normalized spacial score (nSPS) is 26.1. The van der Waals surface area contributed by atoms with E-state index in [0.717, 1.165) is 11.1 Å². The fraction of sp³-hybridized carbons (Fsp3) is 0.500. The van der Waals surface area contributed by atoms with Crippen LogP contribution < -0.4 is 5.32 Å². The van der Waals surface area contributed by atoms with Crippen molar-refractivity contribution in [2.45, 2.75) is 71.2 Å². The summed E-state index contributed by atoms with van der Waals surface area (Å²) in [7, 11) is 0. The number of hydrogen-bond acceptors (Lipinski definition) is 5. The highest BCUT2D eigenvalue weighted by atomic mass is 19.1. The summed E-state index contributed by atoms with van der Waals surface area (Å²) in [5.74, 6) is -1.25. The van der Waals surface area contributed by atoms with Gasteiger partial charge in [0.1, 0.15) is 11.9 Å². The van der Waals surface area contributed by atoms with Gasteiger partial charge in [-0.25, -0.2) is 4.39 Å². The van der Waals surface area contributed by atoms with Crippen molar-refractivity contribution in [3.8, 4) is 0 Å². The summed E-state index contributed by atoms with van der Waals surface area (Å²) in [4.78, 5) is 23.4. The lowest BCUT2D eigenvalue weighted by Gasteiger charge is -2.37. The smallest absolute Gasteiger partial charge is 0.309 e. The van der Waals surface area contributed by atoms with Gasteiger partial charge in [-0.3, -0.25) is 9.59 Å². The first-order valence-electron chi connectivity index (χ1n) is 10.7. The highest BCUT2D eigenvalue weighted by Gasteiger charge is 2.34. The molecule has 3 N–H and O–H groups in total. The number of aliphatic hydroxyl groups is 2. The molecule has 1 aliphatic heterocycles. The zero-order chi connectivity index (χ0) is 22.8. The third-order valence-corrected chi connectivity index (χ3v) is 5.82. The van der Waals surface area contributed by atoms with E-state index in [1.165, 1.54) is 6.07 Å². The quantitative estimate of drug-likeness (QED) is 0.618. The number of nitrogens with one attached hydrogen (secondary N) is 1. The molecule has 1 amide bonds. The van der Waals surface area contributed by atoms with E-state index in [2.05, 4.69) is 5.32 Å². The molecule has 1 aromatic carbocycles. The summed E-state index contributed by atoms with van der Waals surface area (Å²) in [6.45, 7) is 5.72. The number of halogens is 1. The second-order valence-electron chi connectivity index (χ2n) is 8.92. The number of rotatable bonds is 5. The van der Waals surface area contributed by atoms with E-state index in [0.29, 0.717) is 24.8 Å². The average Bonchev–Trinajstić information content (AvgIpc) is 2.67. The highest BCUT2D eigenvalue weighted by molar-refractivity contribution is 5.91. The number of ether oxygens (including phenoxy) is 1. The van der Waals surface area contributed by atoms with E-state index in [-0.39, 0.29) is 29.9 Å². The average molecular weight is 432 g/mol. The standard InChI is InChI=1S/C24H30FNO5/c1-4-22(29)26-21-9-14(5-8-20(21)25)18-11-16(28)13-24(2,3)19(18)7-6-17-10-15(27)12-23(30)31-17/h5-9,15-17,27-28H,4,10-13H2,1-3H3,(H,26,29)/b7-6+/t15-,16?,17-/m0/s1. The van der Waals surface area contributed by atoms with Crippen LogP contribution in [0, 0.1) is 11.2 Å². The molecule has 3 atom stereocenters. The first kappa shape index (κ1) is 23.2. The van der Waals surface area contributed by atoms with Gasteiger partial charge in [0.05, 0.1) is 24.3 Å². The maximum Gasteiger partial charge on any atom is 0.309 e. The Kier molecular flexibility index (Phi) is 6.96. The van der Waals surface area contributed by atoms with Gasteiger partial charge in [-0.15, -0.1) is 0 Å². The largest absolute Gasteiger partial charge is 0.458 e. The molecule has 7 heteroatoms. The van der Waals surface area contributed by atoms with Gasteiger partial charge < -0.3 is 20.3 Å². The molecular formula is C24H30FNO5. The summed E-state index contributed by atoms with van der Waals surface area (Å²) < 4.78 is 19.6. The van der Waals surface area contributed by atoms with Gasteiger partial charge in [0.25, 0.3) is 0 Å². The molecule has 0 bridgehead atoms. The van der Waals surface area contributed by atoms with Crippen LogP contribution in [0.4, 0.5) is 10.1 Å². The molecule has 2 aliphatic rings. The minimum atomic E-state index is -0.729. The molecule has 1 saturated heterocycles. The van der Waals surface area contributed by atoms with Crippen LogP contribution in [0.3, 0.4) is 0 Å². The topological polar surface area (TPSA) is 95.9 Å². The number of allylic oxidation sites excluding steroid dienone is 2. The number of esters is 1. The van der Waals surface area contributed by atoms with Crippen LogP contribution >= 0.6 is 0 Å². The van der Waals surface area contributed by atoms with Crippen molar-refractivity contribution >= 4 is 23.1 Å². The Balaban J connectivity index is 2.01. The first-order chi connectivity index (χ1) is 14.6. The van der Waals surface area contributed by atoms with Crippen molar-refractivity contribution in [1.82, 2.24) is 0 Å². The molecule has 168 valence electrons. The number of anilines is 1. The lowest BCUT2D eigenvalue weighted by atomic mass is 9.69. The lowest BCUT2D eigenvalue weighted by Crippen LogP contribution is -2.32. The van der Waals surface area contributed by atoms with Gasteiger partial charge in [0, 0.05) is 12.8 Å². The van der Waals surface area contributed by atoms with Crippen LogP contribution in [0.1, 0.15) is 58.4 Å². The zero-order valence-electron chi connectivity index (χ0n) is 18.2. The Bertz CT molecular complexity index is 921. The summed E-state index contributed by atoms with van der Waals surface area (Å²) in [6, 6.07) is 4.53. The molecule has 1 aromatic rings. The van der Waals surface area contributed by atoms with E-state index in [1.54, 1.807) is 25.1 Å². The van der Waals surface area contributed by atoms with Crippen LogP contribution in [0.25, 0.3) is 5.57 Å². The van der Waals surface area contributed by atoms with Crippen molar-refractivity contribution in [2.24, 2.45) is 5.41 Å². The van der Waals surface area contributed by atoms with E-state index >= 15 is 0 Å². The van der Waals surface area contributed by atoms with E-state index < -0.39 is 30.1 Å². The fourth-order valence-electron chi connectivity index (χ4n) is 4.30. The van der Waals surface area contributed by atoms with Gasteiger partial charge in [-0.05, 0) is 53.2 Å². The van der Waals surface area contributed by atoms with Crippen molar-refractivity contribution in [3.63, 3.8) is 0 Å². The molecule has 1 unspecified atom stereocenters. The monoisotopic (exact) mass is 431 g/mol. The molecule has 6 nitrogen and oxygen atoms in total. The summed E-state index contributed by atoms with van der Waals surface area (Å²) in [5.41, 5.74) is 2.20. The molecule has 1 fully saturated rings. The Morgan fingerprint density at radius 2 is 2.03 bits per heavy atom.